The second kappa shape index (κ2) is 8.92. The van der Waals surface area contributed by atoms with E-state index in [0.29, 0.717) is 0 Å². The summed E-state index contributed by atoms with van der Waals surface area (Å²) in [4.78, 5) is 35.8. The third-order valence-electron chi connectivity index (χ3n) is 3.42. The van der Waals surface area contributed by atoms with E-state index in [1.807, 2.05) is 30.3 Å². The maximum Gasteiger partial charge on any atom is 0.426 e. The number of hydrogen-bond donors (Lipinski definition) is 1. The zero-order valence-electron chi connectivity index (χ0n) is 16.1. The van der Waals surface area contributed by atoms with Gasteiger partial charge in [0.2, 0.25) is 0 Å². The number of esters is 1. The van der Waals surface area contributed by atoms with E-state index in [1.54, 1.807) is 26.7 Å². The highest BCUT2D eigenvalue weighted by atomic mass is 16.6. The molecule has 8 heteroatoms. The molecule has 1 aromatic rings. The largest absolute Gasteiger partial charge is 0.485 e. The molecule has 1 amide bonds. The van der Waals surface area contributed by atoms with Crippen molar-refractivity contribution >= 4 is 18.0 Å². The van der Waals surface area contributed by atoms with Crippen molar-refractivity contribution in [1.82, 2.24) is 10.4 Å². The van der Waals surface area contributed by atoms with Gasteiger partial charge in [0.25, 0.3) is 0 Å². The van der Waals surface area contributed by atoms with E-state index in [2.05, 4.69) is 5.43 Å². The Morgan fingerprint density at radius 1 is 1.18 bits per heavy atom. The van der Waals surface area contributed by atoms with Crippen LogP contribution in [-0.4, -0.2) is 35.7 Å². The average Bonchev–Trinajstić information content (AvgIpc) is 2.65. The summed E-state index contributed by atoms with van der Waals surface area (Å²) in [5.41, 5.74) is 2.34. The SMILES string of the molecule is COC(=O)C1=C(OCc2ccccc2)C(=C=O)C=CN1NC(=O)OC(C)(C)C. The van der Waals surface area contributed by atoms with Crippen molar-refractivity contribution in [3.8, 4) is 0 Å². The fourth-order valence-electron chi connectivity index (χ4n) is 2.27. The summed E-state index contributed by atoms with van der Waals surface area (Å²) in [6.07, 6.45) is 1.88. The average molecular weight is 386 g/mol. The molecule has 0 atom stereocenters. The molecule has 28 heavy (non-hydrogen) atoms. The summed E-state index contributed by atoms with van der Waals surface area (Å²) in [6, 6.07) is 9.19. The van der Waals surface area contributed by atoms with Gasteiger partial charge in [0.05, 0.1) is 7.11 Å². The lowest BCUT2D eigenvalue weighted by atomic mass is 10.1. The molecule has 1 aromatic carbocycles. The highest BCUT2D eigenvalue weighted by molar-refractivity contribution is 5.91. The minimum Gasteiger partial charge on any atom is -0.485 e. The molecule has 1 N–H and O–H groups in total. The van der Waals surface area contributed by atoms with E-state index >= 15 is 0 Å². The maximum absolute atomic E-state index is 12.4. The summed E-state index contributed by atoms with van der Waals surface area (Å²) in [5.74, 6) is 0.855. The van der Waals surface area contributed by atoms with Gasteiger partial charge in [-0.15, -0.1) is 0 Å². The van der Waals surface area contributed by atoms with Crippen LogP contribution in [0.4, 0.5) is 4.79 Å². The monoisotopic (exact) mass is 386 g/mol. The van der Waals surface area contributed by atoms with Gasteiger partial charge >= 0.3 is 12.1 Å². The Balaban J connectivity index is 2.34. The van der Waals surface area contributed by atoms with Crippen molar-refractivity contribution in [3.05, 3.63) is 65.2 Å². The fraction of sp³-hybridized carbons (Fsp3) is 0.300. The van der Waals surface area contributed by atoms with Gasteiger partial charge in [-0.1, -0.05) is 30.3 Å². The van der Waals surface area contributed by atoms with Crippen LogP contribution >= 0.6 is 0 Å². The van der Waals surface area contributed by atoms with Crippen molar-refractivity contribution in [1.29, 1.82) is 0 Å². The van der Waals surface area contributed by atoms with Crippen LogP contribution in [0.25, 0.3) is 0 Å². The Labute approximate surface area is 163 Å². The van der Waals surface area contributed by atoms with Gasteiger partial charge in [-0.05, 0) is 32.4 Å². The number of methoxy groups -OCH3 is 1. The summed E-state index contributed by atoms with van der Waals surface area (Å²) in [5, 5.41) is 1.08. The topological polar surface area (TPSA) is 94.2 Å². The molecule has 0 saturated heterocycles. The lowest BCUT2D eigenvalue weighted by Crippen LogP contribution is -2.44. The minimum atomic E-state index is -0.809. The molecular weight excluding hydrogens is 364 g/mol. The molecule has 0 fully saturated rings. The Bertz CT molecular complexity index is 845. The number of carbonyl (C=O) groups excluding carboxylic acids is 3. The lowest BCUT2D eigenvalue weighted by Gasteiger charge is -2.29. The summed E-state index contributed by atoms with van der Waals surface area (Å²) in [6.45, 7) is 5.21. The van der Waals surface area contributed by atoms with Crippen molar-refractivity contribution in [2.45, 2.75) is 33.0 Å². The van der Waals surface area contributed by atoms with E-state index in [-0.39, 0.29) is 23.6 Å². The van der Waals surface area contributed by atoms with E-state index < -0.39 is 17.7 Å². The number of benzene rings is 1. The Kier molecular flexibility index (Phi) is 6.63. The Hall–Kier alpha value is -3.51. The molecule has 1 heterocycles. The van der Waals surface area contributed by atoms with Crippen molar-refractivity contribution in [2.75, 3.05) is 7.11 Å². The third-order valence-corrected chi connectivity index (χ3v) is 3.42. The first-order chi connectivity index (χ1) is 13.2. The molecule has 0 radical (unpaired) electrons. The minimum absolute atomic E-state index is 0.0126. The normalized spacial score (nSPS) is 13.7. The number of hydrazine groups is 1. The van der Waals surface area contributed by atoms with Gasteiger partial charge < -0.3 is 14.2 Å². The summed E-state index contributed by atoms with van der Waals surface area (Å²) < 4.78 is 15.7. The Morgan fingerprint density at radius 3 is 2.43 bits per heavy atom. The van der Waals surface area contributed by atoms with E-state index in [1.165, 1.54) is 19.4 Å². The van der Waals surface area contributed by atoms with Crippen LogP contribution in [0.3, 0.4) is 0 Å². The third kappa shape index (κ3) is 5.49. The number of amides is 1. The van der Waals surface area contributed by atoms with Gasteiger partial charge in [-0.2, -0.15) is 0 Å². The molecule has 0 spiro atoms. The maximum atomic E-state index is 12.4. The lowest BCUT2D eigenvalue weighted by molar-refractivity contribution is -0.138. The summed E-state index contributed by atoms with van der Waals surface area (Å²) in [7, 11) is 1.18. The molecule has 148 valence electrons. The highest BCUT2D eigenvalue weighted by Crippen LogP contribution is 2.26. The highest BCUT2D eigenvalue weighted by Gasteiger charge is 2.31. The van der Waals surface area contributed by atoms with Crippen LogP contribution < -0.4 is 5.43 Å². The molecule has 1 aliphatic heterocycles. The summed E-state index contributed by atoms with van der Waals surface area (Å²) >= 11 is 0. The van der Waals surface area contributed by atoms with Gasteiger partial charge in [-0.25, -0.2) is 24.8 Å². The Morgan fingerprint density at radius 2 is 1.86 bits per heavy atom. The van der Waals surface area contributed by atoms with Crippen molar-refractivity contribution in [2.24, 2.45) is 0 Å². The number of nitrogens with one attached hydrogen (secondary N) is 1. The van der Waals surface area contributed by atoms with Crippen LogP contribution in [0, 0.1) is 0 Å². The predicted molar refractivity (Wildman–Crippen MR) is 99.8 cm³/mol. The van der Waals surface area contributed by atoms with Crippen LogP contribution in [-0.2, 0) is 30.4 Å². The molecule has 0 aromatic heterocycles. The molecule has 0 saturated carbocycles. The molecule has 8 nitrogen and oxygen atoms in total. The van der Waals surface area contributed by atoms with Gasteiger partial charge in [0.1, 0.15) is 23.7 Å². The molecule has 0 aliphatic carbocycles. The van der Waals surface area contributed by atoms with Gasteiger partial charge in [0, 0.05) is 6.20 Å². The zero-order valence-corrected chi connectivity index (χ0v) is 16.1. The fourth-order valence-corrected chi connectivity index (χ4v) is 2.27. The van der Waals surface area contributed by atoms with Crippen LogP contribution in [0.5, 0.6) is 0 Å². The second-order valence-electron chi connectivity index (χ2n) is 6.76. The molecule has 2 rings (SSSR count). The predicted octanol–water partition coefficient (Wildman–Crippen LogP) is 2.61. The molecule has 0 bridgehead atoms. The van der Waals surface area contributed by atoms with Gasteiger partial charge in [0.15, 0.2) is 11.5 Å². The van der Waals surface area contributed by atoms with E-state index in [0.717, 1.165) is 10.6 Å². The smallest absolute Gasteiger partial charge is 0.426 e. The first kappa shape index (κ1) is 20.8. The zero-order chi connectivity index (χ0) is 20.7. The first-order valence-electron chi connectivity index (χ1n) is 8.47. The second-order valence-corrected chi connectivity index (χ2v) is 6.76. The number of nitrogens with zero attached hydrogens (tertiary/aromatic N) is 1. The first-order valence-corrected chi connectivity index (χ1v) is 8.47. The molecule has 0 unspecified atom stereocenters. The van der Waals surface area contributed by atoms with Crippen LogP contribution in [0.1, 0.15) is 26.3 Å². The standard InChI is InChI=1S/C20H22N2O6/c1-20(2,3)28-19(25)21-22-11-10-15(12-23)17(16(22)18(24)26-4)27-13-14-8-6-5-7-9-14/h5-11H,13H2,1-4H3,(H,21,25). The molecule has 1 aliphatic rings. The quantitative estimate of drug-likeness (QED) is 0.614. The van der Waals surface area contributed by atoms with E-state index in [9.17, 15) is 14.4 Å². The number of carbonyl (C=O) groups is 2. The van der Waals surface area contributed by atoms with Gasteiger partial charge in [-0.3, -0.25) is 0 Å². The van der Waals surface area contributed by atoms with Crippen LogP contribution in [0.15, 0.2) is 59.6 Å². The molecular formula is C20H22N2O6. The number of allylic oxidation sites excluding steroid dienone is 1. The number of hydrogen-bond acceptors (Lipinski definition) is 7. The van der Waals surface area contributed by atoms with Crippen molar-refractivity contribution < 1.29 is 28.6 Å². The van der Waals surface area contributed by atoms with Crippen molar-refractivity contribution in [3.63, 3.8) is 0 Å². The number of ether oxygens (including phenoxy) is 3. The van der Waals surface area contributed by atoms with Crippen LogP contribution in [0.2, 0.25) is 0 Å². The number of rotatable bonds is 5. The van der Waals surface area contributed by atoms with E-state index in [4.69, 9.17) is 14.2 Å².